The third kappa shape index (κ3) is 4.48. The van der Waals surface area contributed by atoms with Crippen LogP contribution in [-0.2, 0) is 6.54 Å². The van der Waals surface area contributed by atoms with Gasteiger partial charge in [-0.1, -0.05) is 6.07 Å². The average Bonchev–Trinajstić information content (AvgIpc) is 2.36. The summed E-state index contributed by atoms with van der Waals surface area (Å²) in [5.41, 5.74) is 1.31. The van der Waals surface area contributed by atoms with Crippen LogP contribution in [0.3, 0.4) is 0 Å². The maximum atomic E-state index is 9.69. The first-order valence-electron chi connectivity index (χ1n) is 7.07. The normalized spacial score (nSPS) is 20.6. The van der Waals surface area contributed by atoms with Crippen LogP contribution in [0.5, 0.6) is 0 Å². The van der Waals surface area contributed by atoms with Crippen LogP contribution in [0.25, 0.3) is 0 Å². The highest BCUT2D eigenvalue weighted by Gasteiger charge is 2.18. The lowest BCUT2D eigenvalue weighted by Gasteiger charge is -2.31. The molecule has 1 fully saturated rings. The van der Waals surface area contributed by atoms with E-state index in [-0.39, 0.29) is 11.6 Å². The van der Waals surface area contributed by atoms with Crippen molar-refractivity contribution in [2.75, 3.05) is 18.0 Å². The lowest BCUT2D eigenvalue weighted by molar-refractivity contribution is 0.154. The molecule has 4 nitrogen and oxygen atoms in total. The maximum absolute atomic E-state index is 9.69. The number of nitrogens with one attached hydrogen (secondary N) is 1. The number of aliphatic hydroxyl groups excluding tert-OH is 1. The zero-order chi connectivity index (χ0) is 13.9. The molecule has 0 saturated carbocycles. The van der Waals surface area contributed by atoms with Gasteiger partial charge in [0, 0.05) is 31.4 Å². The van der Waals surface area contributed by atoms with Crippen LogP contribution in [-0.4, -0.2) is 34.8 Å². The number of pyridine rings is 1. The third-order valence-electron chi connectivity index (χ3n) is 3.35. The van der Waals surface area contributed by atoms with Gasteiger partial charge in [-0.2, -0.15) is 0 Å². The van der Waals surface area contributed by atoms with Crippen molar-refractivity contribution in [1.82, 2.24) is 10.3 Å². The molecule has 1 aromatic rings. The molecule has 2 N–H and O–H groups in total. The zero-order valence-electron chi connectivity index (χ0n) is 12.2. The van der Waals surface area contributed by atoms with E-state index >= 15 is 0 Å². The molecule has 2 rings (SSSR count). The van der Waals surface area contributed by atoms with E-state index in [1.165, 1.54) is 5.56 Å². The van der Waals surface area contributed by atoms with Gasteiger partial charge in [0.2, 0.25) is 0 Å². The monoisotopic (exact) mass is 263 g/mol. The number of hydrogen-bond acceptors (Lipinski definition) is 4. The summed E-state index contributed by atoms with van der Waals surface area (Å²) in [7, 11) is 0. The quantitative estimate of drug-likeness (QED) is 0.875. The Labute approximate surface area is 115 Å². The molecule has 0 aromatic carbocycles. The van der Waals surface area contributed by atoms with Gasteiger partial charge in [0.25, 0.3) is 0 Å². The molecular formula is C15H25N3O. The molecule has 0 amide bonds. The van der Waals surface area contributed by atoms with E-state index in [9.17, 15) is 5.11 Å². The minimum Gasteiger partial charge on any atom is -0.391 e. The van der Waals surface area contributed by atoms with E-state index in [4.69, 9.17) is 0 Å². The number of rotatable bonds is 3. The first-order valence-corrected chi connectivity index (χ1v) is 7.07. The molecule has 106 valence electrons. The predicted octanol–water partition coefficient (Wildman–Crippen LogP) is 1.93. The second kappa shape index (κ2) is 5.88. The first-order chi connectivity index (χ1) is 8.94. The standard InChI is InChI=1S/C15H25N3O/c1-15(2,3)17-10-12-6-7-14(16-9-12)18-8-4-5-13(19)11-18/h6-7,9,13,17,19H,4-5,8,10-11H2,1-3H3. The number of nitrogens with zero attached hydrogens (tertiary/aromatic N) is 2. The van der Waals surface area contributed by atoms with Gasteiger partial charge in [0.05, 0.1) is 6.10 Å². The second-order valence-electron chi connectivity index (χ2n) is 6.37. The molecule has 1 atom stereocenters. The Morgan fingerprint density at radius 1 is 1.42 bits per heavy atom. The Kier molecular flexibility index (Phi) is 4.42. The predicted molar refractivity (Wildman–Crippen MR) is 78.3 cm³/mol. The molecule has 2 heterocycles. The van der Waals surface area contributed by atoms with E-state index in [0.29, 0.717) is 6.54 Å². The van der Waals surface area contributed by atoms with Crippen molar-refractivity contribution >= 4 is 5.82 Å². The SMILES string of the molecule is CC(C)(C)NCc1ccc(N2CCCC(O)C2)nc1. The fourth-order valence-electron chi connectivity index (χ4n) is 2.24. The summed E-state index contributed by atoms with van der Waals surface area (Å²) in [6, 6.07) is 4.17. The number of hydrogen-bond donors (Lipinski definition) is 2. The second-order valence-corrected chi connectivity index (χ2v) is 6.37. The summed E-state index contributed by atoms with van der Waals surface area (Å²) in [4.78, 5) is 6.67. The van der Waals surface area contributed by atoms with E-state index in [1.807, 2.05) is 6.20 Å². The number of β-amino-alcohol motifs (C(OH)–C–C–N with tert-alkyl or cyclic N) is 1. The van der Waals surface area contributed by atoms with Crippen molar-refractivity contribution in [3.05, 3.63) is 23.9 Å². The molecule has 1 unspecified atom stereocenters. The van der Waals surface area contributed by atoms with Crippen molar-refractivity contribution in [2.24, 2.45) is 0 Å². The number of anilines is 1. The topological polar surface area (TPSA) is 48.4 Å². The number of piperidine rings is 1. The van der Waals surface area contributed by atoms with Gasteiger partial charge < -0.3 is 15.3 Å². The molecule has 4 heteroatoms. The van der Waals surface area contributed by atoms with Crippen LogP contribution in [0.2, 0.25) is 0 Å². The summed E-state index contributed by atoms with van der Waals surface area (Å²) in [6.07, 6.45) is 3.66. The molecule has 19 heavy (non-hydrogen) atoms. The summed E-state index contributed by atoms with van der Waals surface area (Å²) in [5, 5.41) is 13.1. The Balaban J connectivity index is 1.94. The van der Waals surface area contributed by atoms with Gasteiger partial charge in [-0.25, -0.2) is 4.98 Å². The Hall–Kier alpha value is -1.13. The summed E-state index contributed by atoms with van der Waals surface area (Å²) in [5.74, 6) is 0.971. The number of aliphatic hydroxyl groups is 1. The van der Waals surface area contributed by atoms with Crippen molar-refractivity contribution in [2.45, 2.75) is 51.8 Å². The largest absolute Gasteiger partial charge is 0.391 e. The Morgan fingerprint density at radius 3 is 2.79 bits per heavy atom. The van der Waals surface area contributed by atoms with Gasteiger partial charge in [-0.05, 0) is 45.2 Å². The van der Waals surface area contributed by atoms with Crippen molar-refractivity contribution in [3.63, 3.8) is 0 Å². The highest BCUT2D eigenvalue weighted by molar-refractivity contribution is 5.40. The minimum absolute atomic E-state index is 0.121. The Morgan fingerprint density at radius 2 is 2.21 bits per heavy atom. The van der Waals surface area contributed by atoms with Crippen LogP contribution in [0.4, 0.5) is 5.82 Å². The van der Waals surface area contributed by atoms with Crippen LogP contribution in [0, 0.1) is 0 Å². The van der Waals surface area contributed by atoms with Crippen LogP contribution in [0.1, 0.15) is 39.2 Å². The van der Waals surface area contributed by atoms with Crippen molar-refractivity contribution in [3.8, 4) is 0 Å². The van der Waals surface area contributed by atoms with Gasteiger partial charge in [0.1, 0.15) is 5.82 Å². The van der Waals surface area contributed by atoms with Crippen molar-refractivity contribution < 1.29 is 5.11 Å². The molecule has 0 spiro atoms. The van der Waals surface area contributed by atoms with E-state index < -0.39 is 0 Å². The smallest absolute Gasteiger partial charge is 0.128 e. The van der Waals surface area contributed by atoms with E-state index in [0.717, 1.165) is 31.7 Å². The Bertz CT molecular complexity index is 397. The molecule has 1 aliphatic rings. The molecule has 1 saturated heterocycles. The van der Waals surface area contributed by atoms with Crippen LogP contribution >= 0.6 is 0 Å². The van der Waals surface area contributed by atoms with E-state index in [1.54, 1.807) is 0 Å². The number of aromatic nitrogens is 1. The lowest BCUT2D eigenvalue weighted by Crippen LogP contribution is -2.38. The minimum atomic E-state index is -0.210. The molecule has 1 aliphatic heterocycles. The summed E-state index contributed by atoms with van der Waals surface area (Å²) < 4.78 is 0. The molecule has 0 radical (unpaired) electrons. The fraction of sp³-hybridized carbons (Fsp3) is 0.667. The molecular weight excluding hydrogens is 238 g/mol. The molecule has 0 aliphatic carbocycles. The average molecular weight is 263 g/mol. The van der Waals surface area contributed by atoms with Crippen LogP contribution < -0.4 is 10.2 Å². The molecule has 1 aromatic heterocycles. The zero-order valence-corrected chi connectivity index (χ0v) is 12.2. The summed E-state index contributed by atoms with van der Waals surface area (Å²) >= 11 is 0. The highest BCUT2D eigenvalue weighted by atomic mass is 16.3. The third-order valence-corrected chi connectivity index (χ3v) is 3.35. The van der Waals surface area contributed by atoms with Gasteiger partial charge >= 0.3 is 0 Å². The van der Waals surface area contributed by atoms with E-state index in [2.05, 4.69) is 48.1 Å². The van der Waals surface area contributed by atoms with Crippen molar-refractivity contribution in [1.29, 1.82) is 0 Å². The van der Waals surface area contributed by atoms with Gasteiger partial charge in [-0.3, -0.25) is 0 Å². The highest BCUT2D eigenvalue weighted by Crippen LogP contribution is 2.18. The lowest BCUT2D eigenvalue weighted by atomic mass is 10.1. The first kappa shape index (κ1) is 14.3. The summed E-state index contributed by atoms with van der Waals surface area (Å²) in [6.45, 7) is 8.99. The fourth-order valence-corrected chi connectivity index (χ4v) is 2.24. The van der Waals surface area contributed by atoms with Crippen LogP contribution in [0.15, 0.2) is 18.3 Å². The van der Waals surface area contributed by atoms with Gasteiger partial charge in [0.15, 0.2) is 0 Å². The molecule has 0 bridgehead atoms. The maximum Gasteiger partial charge on any atom is 0.128 e. The van der Waals surface area contributed by atoms with Gasteiger partial charge in [-0.15, -0.1) is 0 Å².